The molecular weight excluding hydrogens is 228 g/mol. The highest BCUT2D eigenvalue weighted by Crippen LogP contribution is 2.29. The Kier molecular flexibility index (Phi) is 8.01. The molecule has 2 unspecified atom stereocenters. The third kappa shape index (κ3) is 5.83. The summed E-state index contributed by atoms with van der Waals surface area (Å²) in [6.07, 6.45) is 10.5. The molecule has 106 valence electrons. The van der Waals surface area contributed by atoms with Crippen molar-refractivity contribution in [3.05, 3.63) is 0 Å². The first-order chi connectivity index (χ1) is 8.77. The molecule has 1 amide bonds. The van der Waals surface area contributed by atoms with E-state index in [-0.39, 0.29) is 5.91 Å². The van der Waals surface area contributed by atoms with Gasteiger partial charge in [0.15, 0.2) is 0 Å². The van der Waals surface area contributed by atoms with E-state index in [1.54, 1.807) is 0 Å². The topological polar surface area (TPSA) is 64.3 Å². The molecule has 4 nitrogen and oxygen atoms in total. The molecule has 4 heteroatoms. The van der Waals surface area contributed by atoms with Crippen LogP contribution in [0.2, 0.25) is 0 Å². The molecule has 2 atom stereocenters. The minimum atomic E-state index is -0.0748. The molecular formula is C14H28N2O2. The summed E-state index contributed by atoms with van der Waals surface area (Å²) in [5.41, 5.74) is 2.15. The van der Waals surface area contributed by atoms with Gasteiger partial charge < -0.3 is 4.74 Å². The van der Waals surface area contributed by atoms with E-state index in [9.17, 15) is 4.79 Å². The maximum Gasteiger partial charge on any atom is 0.233 e. The van der Waals surface area contributed by atoms with Gasteiger partial charge in [-0.25, -0.2) is 5.84 Å². The van der Waals surface area contributed by atoms with Crippen molar-refractivity contribution in [2.75, 3.05) is 6.61 Å². The van der Waals surface area contributed by atoms with Crippen LogP contribution in [0.1, 0.15) is 64.7 Å². The minimum absolute atomic E-state index is 0.0748. The zero-order chi connectivity index (χ0) is 13.2. The molecule has 1 aliphatic rings. The maximum atomic E-state index is 10.9. The Bertz CT molecular complexity index is 234. The van der Waals surface area contributed by atoms with Crippen LogP contribution in [-0.2, 0) is 9.53 Å². The lowest BCUT2D eigenvalue weighted by molar-refractivity contribution is -0.121. The summed E-state index contributed by atoms with van der Waals surface area (Å²) in [5, 5.41) is 0. The first-order valence-corrected chi connectivity index (χ1v) is 7.39. The Morgan fingerprint density at radius 2 is 2.06 bits per heavy atom. The number of hydrogen-bond acceptors (Lipinski definition) is 3. The SMILES string of the molecule is CCC1CCCCC1OCCCCCC(=O)NN. The molecule has 1 aliphatic carbocycles. The standard InChI is InChI=1S/C14H28N2O2/c1-2-12-8-5-6-9-13(12)18-11-7-3-4-10-14(17)16-15/h12-13H,2-11,15H2,1H3,(H,16,17). The van der Waals surface area contributed by atoms with Crippen LogP contribution >= 0.6 is 0 Å². The predicted molar refractivity (Wildman–Crippen MR) is 72.8 cm³/mol. The molecule has 1 saturated carbocycles. The molecule has 0 spiro atoms. The summed E-state index contributed by atoms with van der Waals surface area (Å²) in [5.74, 6) is 5.71. The van der Waals surface area contributed by atoms with Gasteiger partial charge in [-0.2, -0.15) is 0 Å². The van der Waals surface area contributed by atoms with Crippen molar-refractivity contribution in [3.63, 3.8) is 0 Å². The van der Waals surface area contributed by atoms with E-state index in [4.69, 9.17) is 10.6 Å². The van der Waals surface area contributed by atoms with E-state index in [0.717, 1.165) is 31.8 Å². The molecule has 0 aromatic rings. The average molecular weight is 256 g/mol. The highest BCUT2D eigenvalue weighted by molar-refractivity contribution is 5.74. The van der Waals surface area contributed by atoms with E-state index >= 15 is 0 Å². The Balaban J connectivity index is 2.01. The lowest BCUT2D eigenvalue weighted by atomic mass is 9.85. The summed E-state index contributed by atoms with van der Waals surface area (Å²) in [6, 6.07) is 0. The third-order valence-corrected chi connectivity index (χ3v) is 3.90. The van der Waals surface area contributed by atoms with Crippen molar-refractivity contribution in [1.82, 2.24) is 5.43 Å². The summed E-state index contributed by atoms with van der Waals surface area (Å²) in [6.45, 7) is 3.10. The molecule has 0 radical (unpaired) electrons. The minimum Gasteiger partial charge on any atom is -0.378 e. The van der Waals surface area contributed by atoms with Crippen molar-refractivity contribution in [1.29, 1.82) is 0 Å². The number of nitrogens with one attached hydrogen (secondary N) is 1. The van der Waals surface area contributed by atoms with Crippen LogP contribution in [0.15, 0.2) is 0 Å². The summed E-state index contributed by atoms with van der Waals surface area (Å²) < 4.78 is 5.99. The van der Waals surface area contributed by atoms with Crippen molar-refractivity contribution in [2.24, 2.45) is 11.8 Å². The second-order valence-electron chi connectivity index (χ2n) is 5.24. The van der Waals surface area contributed by atoms with Gasteiger partial charge in [0.2, 0.25) is 5.91 Å². The number of nitrogens with two attached hydrogens (primary N) is 1. The van der Waals surface area contributed by atoms with Crippen molar-refractivity contribution in [3.8, 4) is 0 Å². The van der Waals surface area contributed by atoms with Gasteiger partial charge in [-0.1, -0.05) is 32.6 Å². The molecule has 0 heterocycles. The van der Waals surface area contributed by atoms with Gasteiger partial charge in [-0.3, -0.25) is 10.2 Å². The molecule has 0 aromatic carbocycles. The Hall–Kier alpha value is -0.610. The van der Waals surface area contributed by atoms with Crippen molar-refractivity contribution >= 4 is 5.91 Å². The molecule has 1 fully saturated rings. The molecule has 0 bridgehead atoms. The van der Waals surface area contributed by atoms with E-state index in [1.807, 2.05) is 0 Å². The number of amides is 1. The van der Waals surface area contributed by atoms with Crippen molar-refractivity contribution in [2.45, 2.75) is 70.8 Å². The number of hydrazine groups is 1. The van der Waals surface area contributed by atoms with Gasteiger partial charge in [-0.15, -0.1) is 0 Å². The molecule has 0 aliphatic heterocycles. The Morgan fingerprint density at radius 1 is 1.28 bits per heavy atom. The van der Waals surface area contributed by atoms with E-state index in [1.165, 1.54) is 32.1 Å². The fourth-order valence-corrected chi connectivity index (χ4v) is 2.73. The number of unbranched alkanes of at least 4 members (excludes halogenated alkanes) is 2. The van der Waals surface area contributed by atoms with Crippen LogP contribution in [0.4, 0.5) is 0 Å². The highest BCUT2D eigenvalue weighted by Gasteiger charge is 2.23. The molecule has 0 saturated heterocycles. The van der Waals surface area contributed by atoms with Gasteiger partial charge in [0.05, 0.1) is 6.10 Å². The van der Waals surface area contributed by atoms with Crippen LogP contribution < -0.4 is 11.3 Å². The smallest absolute Gasteiger partial charge is 0.233 e. The number of ether oxygens (including phenoxy) is 1. The fraction of sp³-hybridized carbons (Fsp3) is 0.929. The van der Waals surface area contributed by atoms with Gasteiger partial charge >= 0.3 is 0 Å². The average Bonchev–Trinajstić information content (AvgIpc) is 2.42. The highest BCUT2D eigenvalue weighted by atomic mass is 16.5. The van der Waals surface area contributed by atoms with Crippen LogP contribution in [0.25, 0.3) is 0 Å². The molecule has 0 aromatic heterocycles. The van der Waals surface area contributed by atoms with Gasteiger partial charge in [-0.05, 0) is 31.6 Å². The summed E-state index contributed by atoms with van der Waals surface area (Å²) in [4.78, 5) is 10.9. The molecule has 3 N–H and O–H groups in total. The van der Waals surface area contributed by atoms with Crippen LogP contribution in [0.3, 0.4) is 0 Å². The quantitative estimate of drug-likeness (QED) is 0.303. The largest absolute Gasteiger partial charge is 0.378 e. The maximum absolute atomic E-state index is 10.9. The van der Waals surface area contributed by atoms with Gasteiger partial charge in [0.25, 0.3) is 0 Å². The van der Waals surface area contributed by atoms with E-state index < -0.39 is 0 Å². The first kappa shape index (κ1) is 15.4. The lowest BCUT2D eigenvalue weighted by Crippen LogP contribution is -2.29. The zero-order valence-corrected chi connectivity index (χ0v) is 11.6. The van der Waals surface area contributed by atoms with Crippen LogP contribution in [0.5, 0.6) is 0 Å². The number of carbonyl (C=O) groups excluding carboxylic acids is 1. The predicted octanol–water partition coefficient (Wildman–Crippen LogP) is 2.52. The second-order valence-corrected chi connectivity index (χ2v) is 5.24. The number of carbonyl (C=O) groups is 1. The van der Waals surface area contributed by atoms with E-state index in [2.05, 4.69) is 12.3 Å². The Labute approximate surface area is 111 Å². The zero-order valence-electron chi connectivity index (χ0n) is 11.6. The second kappa shape index (κ2) is 9.34. The summed E-state index contributed by atoms with van der Waals surface area (Å²) in [7, 11) is 0. The van der Waals surface area contributed by atoms with E-state index in [0.29, 0.717) is 12.5 Å². The third-order valence-electron chi connectivity index (χ3n) is 3.90. The lowest BCUT2D eigenvalue weighted by Gasteiger charge is -2.30. The van der Waals surface area contributed by atoms with Crippen LogP contribution in [-0.4, -0.2) is 18.6 Å². The Morgan fingerprint density at radius 3 is 2.78 bits per heavy atom. The van der Waals surface area contributed by atoms with Gasteiger partial charge in [0.1, 0.15) is 0 Å². The monoisotopic (exact) mass is 256 g/mol. The fourth-order valence-electron chi connectivity index (χ4n) is 2.73. The summed E-state index contributed by atoms with van der Waals surface area (Å²) >= 11 is 0. The first-order valence-electron chi connectivity index (χ1n) is 7.39. The van der Waals surface area contributed by atoms with Gasteiger partial charge in [0, 0.05) is 13.0 Å². The molecule has 1 rings (SSSR count). The number of hydrogen-bond donors (Lipinski definition) is 2. The van der Waals surface area contributed by atoms with Crippen LogP contribution in [0, 0.1) is 5.92 Å². The number of rotatable bonds is 8. The normalized spacial score (nSPS) is 23.9. The van der Waals surface area contributed by atoms with Crippen molar-refractivity contribution < 1.29 is 9.53 Å². The molecule has 18 heavy (non-hydrogen) atoms.